The average Bonchev–Trinajstić information content (AvgIpc) is 3.18. The van der Waals surface area contributed by atoms with E-state index in [-0.39, 0.29) is 11.7 Å². The molecule has 0 fully saturated rings. The Kier molecular flexibility index (Phi) is 5.15. The third kappa shape index (κ3) is 4.06. The third-order valence-electron chi connectivity index (χ3n) is 4.53. The Hall–Kier alpha value is -3.81. The zero-order valence-electron chi connectivity index (χ0n) is 15.7. The van der Waals surface area contributed by atoms with Gasteiger partial charge in [-0.05, 0) is 54.4 Å². The fourth-order valence-corrected chi connectivity index (χ4v) is 3.02. The topological polar surface area (TPSA) is 95.6 Å². The number of pyridine rings is 2. The molecule has 0 spiro atoms. The summed E-state index contributed by atoms with van der Waals surface area (Å²) in [5.74, 6) is 0.773. The molecule has 0 radical (unpaired) electrons. The Bertz CT molecular complexity index is 1160. The Labute approximate surface area is 166 Å². The van der Waals surface area contributed by atoms with Crippen molar-refractivity contribution in [2.24, 2.45) is 0 Å². The van der Waals surface area contributed by atoms with Crippen molar-refractivity contribution < 1.29 is 9.18 Å². The van der Waals surface area contributed by atoms with Gasteiger partial charge in [-0.15, -0.1) is 0 Å². The number of hydrogen-bond acceptors (Lipinski definition) is 5. The number of aromatic amines is 1. The van der Waals surface area contributed by atoms with Gasteiger partial charge in [-0.3, -0.25) is 4.79 Å². The number of nitrogens with one attached hydrogen (secondary N) is 3. The maximum atomic E-state index is 13.2. The van der Waals surface area contributed by atoms with Crippen LogP contribution in [0.3, 0.4) is 0 Å². The minimum Gasteiger partial charge on any atom is -0.373 e. The van der Waals surface area contributed by atoms with E-state index in [1.807, 2.05) is 19.2 Å². The molecule has 0 unspecified atom stereocenters. The standard InChI is InChI=1S/C21H19FN6O/c1-23-17-12-13(6-9-24-17)7-10-26-21(29)16-8-11-25-20-18(16)27-19(28-20)14-2-4-15(22)5-3-14/h2-6,8-9,11-12H,7,10H2,1H3,(H,23,24)(H,26,29)(H,25,27,28). The second kappa shape index (κ2) is 8.05. The van der Waals surface area contributed by atoms with Gasteiger partial charge in [0.15, 0.2) is 5.65 Å². The summed E-state index contributed by atoms with van der Waals surface area (Å²) in [5, 5.41) is 5.92. The van der Waals surface area contributed by atoms with Crippen LogP contribution >= 0.6 is 0 Å². The highest BCUT2D eigenvalue weighted by Gasteiger charge is 2.15. The minimum absolute atomic E-state index is 0.225. The number of benzene rings is 1. The summed E-state index contributed by atoms with van der Waals surface area (Å²) in [5.41, 5.74) is 3.21. The van der Waals surface area contributed by atoms with Crippen LogP contribution in [0.1, 0.15) is 15.9 Å². The number of imidazole rings is 1. The number of fused-ring (bicyclic) bond motifs is 1. The molecule has 29 heavy (non-hydrogen) atoms. The van der Waals surface area contributed by atoms with Gasteiger partial charge in [-0.2, -0.15) is 0 Å². The molecule has 4 aromatic rings. The molecular weight excluding hydrogens is 371 g/mol. The lowest BCUT2D eigenvalue weighted by molar-refractivity contribution is 0.0955. The summed E-state index contributed by atoms with van der Waals surface area (Å²) >= 11 is 0. The summed E-state index contributed by atoms with van der Waals surface area (Å²) in [7, 11) is 1.81. The quantitative estimate of drug-likeness (QED) is 0.470. The highest BCUT2D eigenvalue weighted by molar-refractivity contribution is 6.04. The van der Waals surface area contributed by atoms with Gasteiger partial charge < -0.3 is 15.6 Å². The molecule has 3 heterocycles. The summed E-state index contributed by atoms with van der Waals surface area (Å²) in [6.07, 6.45) is 3.97. The zero-order chi connectivity index (χ0) is 20.2. The van der Waals surface area contributed by atoms with Crippen LogP contribution in [-0.2, 0) is 6.42 Å². The van der Waals surface area contributed by atoms with E-state index in [1.165, 1.54) is 12.1 Å². The first-order valence-corrected chi connectivity index (χ1v) is 9.15. The summed E-state index contributed by atoms with van der Waals surface area (Å²) in [4.78, 5) is 28.7. The molecule has 1 amide bonds. The Morgan fingerprint density at radius 3 is 2.69 bits per heavy atom. The van der Waals surface area contributed by atoms with Crippen molar-refractivity contribution >= 4 is 22.9 Å². The molecule has 7 nitrogen and oxygen atoms in total. The van der Waals surface area contributed by atoms with E-state index in [1.54, 1.807) is 30.6 Å². The second-order valence-corrected chi connectivity index (χ2v) is 6.45. The summed E-state index contributed by atoms with van der Waals surface area (Å²) in [6.45, 7) is 0.477. The Morgan fingerprint density at radius 1 is 1.10 bits per heavy atom. The molecule has 4 rings (SSSR count). The van der Waals surface area contributed by atoms with Crippen LogP contribution in [0.4, 0.5) is 10.2 Å². The van der Waals surface area contributed by atoms with Crippen LogP contribution in [0, 0.1) is 5.82 Å². The van der Waals surface area contributed by atoms with Crippen LogP contribution in [-0.4, -0.2) is 39.4 Å². The molecule has 0 saturated heterocycles. The van der Waals surface area contributed by atoms with Crippen molar-refractivity contribution in [2.45, 2.75) is 6.42 Å². The van der Waals surface area contributed by atoms with E-state index >= 15 is 0 Å². The van der Waals surface area contributed by atoms with Crippen LogP contribution in [0.5, 0.6) is 0 Å². The smallest absolute Gasteiger partial charge is 0.253 e. The van der Waals surface area contributed by atoms with E-state index in [0.717, 1.165) is 11.4 Å². The molecule has 0 aliphatic heterocycles. The number of aromatic nitrogens is 4. The number of nitrogens with zero attached hydrogens (tertiary/aromatic N) is 3. The van der Waals surface area contributed by atoms with Gasteiger partial charge in [-0.1, -0.05) is 0 Å². The van der Waals surface area contributed by atoms with Crippen LogP contribution in [0.15, 0.2) is 54.9 Å². The van der Waals surface area contributed by atoms with Crippen molar-refractivity contribution in [3.63, 3.8) is 0 Å². The van der Waals surface area contributed by atoms with E-state index < -0.39 is 0 Å². The van der Waals surface area contributed by atoms with Crippen molar-refractivity contribution in [2.75, 3.05) is 18.9 Å². The van der Waals surface area contributed by atoms with Crippen molar-refractivity contribution in [1.82, 2.24) is 25.3 Å². The Balaban J connectivity index is 1.50. The molecule has 0 saturated carbocycles. The zero-order valence-corrected chi connectivity index (χ0v) is 15.7. The molecular formula is C21H19FN6O. The Morgan fingerprint density at radius 2 is 1.90 bits per heavy atom. The van der Waals surface area contributed by atoms with Gasteiger partial charge in [0.05, 0.1) is 5.56 Å². The number of hydrogen-bond donors (Lipinski definition) is 3. The van der Waals surface area contributed by atoms with Crippen molar-refractivity contribution in [3.05, 3.63) is 71.8 Å². The minimum atomic E-state index is -0.320. The van der Waals surface area contributed by atoms with Gasteiger partial charge in [0.1, 0.15) is 23.0 Å². The lowest BCUT2D eigenvalue weighted by Crippen LogP contribution is -2.26. The maximum absolute atomic E-state index is 13.2. The van der Waals surface area contributed by atoms with Crippen molar-refractivity contribution in [1.29, 1.82) is 0 Å². The van der Waals surface area contributed by atoms with Crippen LogP contribution in [0.25, 0.3) is 22.6 Å². The lowest BCUT2D eigenvalue weighted by atomic mass is 10.2. The molecule has 0 atom stereocenters. The van der Waals surface area contributed by atoms with Crippen LogP contribution < -0.4 is 10.6 Å². The molecule has 0 aliphatic carbocycles. The summed E-state index contributed by atoms with van der Waals surface area (Å²) < 4.78 is 13.2. The van der Waals surface area contributed by atoms with E-state index in [0.29, 0.717) is 41.1 Å². The number of amides is 1. The van der Waals surface area contributed by atoms with Gasteiger partial charge in [0, 0.05) is 31.5 Å². The number of H-pyrrole nitrogens is 1. The predicted molar refractivity (Wildman–Crippen MR) is 109 cm³/mol. The van der Waals surface area contributed by atoms with Crippen LogP contribution in [0.2, 0.25) is 0 Å². The first-order chi connectivity index (χ1) is 14.1. The van der Waals surface area contributed by atoms with E-state index in [4.69, 9.17) is 0 Å². The van der Waals surface area contributed by atoms with Gasteiger partial charge in [0.2, 0.25) is 0 Å². The van der Waals surface area contributed by atoms with Gasteiger partial charge in [-0.25, -0.2) is 19.3 Å². The predicted octanol–water partition coefficient (Wildman–Crippen LogP) is 3.17. The number of carbonyl (C=O) groups excluding carboxylic acids is 1. The average molecular weight is 390 g/mol. The van der Waals surface area contributed by atoms with E-state index in [9.17, 15) is 9.18 Å². The number of halogens is 1. The fraction of sp³-hybridized carbons (Fsp3) is 0.143. The highest BCUT2D eigenvalue weighted by Crippen LogP contribution is 2.22. The molecule has 3 N–H and O–H groups in total. The number of carbonyl (C=O) groups is 1. The molecule has 3 aromatic heterocycles. The third-order valence-corrected chi connectivity index (χ3v) is 4.53. The molecule has 8 heteroatoms. The van der Waals surface area contributed by atoms with Gasteiger partial charge in [0.25, 0.3) is 5.91 Å². The number of anilines is 1. The first kappa shape index (κ1) is 18.5. The number of rotatable bonds is 6. The normalized spacial score (nSPS) is 10.8. The van der Waals surface area contributed by atoms with E-state index in [2.05, 4.69) is 30.6 Å². The second-order valence-electron chi connectivity index (χ2n) is 6.45. The van der Waals surface area contributed by atoms with Crippen molar-refractivity contribution in [3.8, 4) is 11.4 Å². The first-order valence-electron chi connectivity index (χ1n) is 9.15. The fourth-order valence-electron chi connectivity index (χ4n) is 3.02. The molecule has 0 bridgehead atoms. The lowest BCUT2D eigenvalue weighted by Gasteiger charge is -2.07. The maximum Gasteiger partial charge on any atom is 0.253 e. The highest BCUT2D eigenvalue weighted by atomic mass is 19.1. The van der Waals surface area contributed by atoms with Gasteiger partial charge >= 0.3 is 0 Å². The SMILES string of the molecule is CNc1cc(CCNC(=O)c2ccnc3[nH]c(-c4ccc(F)cc4)nc23)ccn1. The summed E-state index contributed by atoms with van der Waals surface area (Å²) in [6, 6.07) is 11.5. The molecule has 1 aromatic carbocycles. The monoisotopic (exact) mass is 390 g/mol. The molecule has 146 valence electrons. The largest absolute Gasteiger partial charge is 0.373 e. The molecule has 0 aliphatic rings.